The average molecular weight is 265 g/mol. The lowest BCUT2D eigenvalue weighted by molar-refractivity contribution is 0.0776. The van der Waals surface area contributed by atoms with E-state index in [4.69, 9.17) is 11.6 Å². The Kier molecular flexibility index (Phi) is 3.04. The summed E-state index contributed by atoms with van der Waals surface area (Å²) in [5.41, 5.74) is 1.07. The lowest BCUT2D eigenvalue weighted by Gasteiger charge is -2.22. The van der Waals surface area contributed by atoms with Crippen molar-refractivity contribution in [1.82, 2.24) is 10.2 Å². The second-order valence-electron chi connectivity index (χ2n) is 5.41. The first-order valence-electron chi connectivity index (χ1n) is 6.44. The van der Waals surface area contributed by atoms with E-state index in [-0.39, 0.29) is 5.91 Å². The molecule has 1 N–H and O–H groups in total. The summed E-state index contributed by atoms with van der Waals surface area (Å²) < 4.78 is 0. The van der Waals surface area contributed by atoms with Crippen LogP contribution in [0.15, 0.2) is 24.3 Å². The molecule has 2 heterocycles. The van der Waals surface area contributed by atoms with Crippen molar-refractivity contribution in [3.05, 3.63) is 34.9 Å². The lowest BCUT2D eigenvalue weighted by Crippen LogP contribution is -2.33. The van der Waals surface area contributed by atoms with E-state index in [9.17, 15) is 4.79 Å². The Morgan fingerprint density at radius 1 is 1.28 bits per heavy atom. The van der Waals surface area contributed by atoms with Crippen molar-refractivity contribution in [1.29, 1.82) is 0 Å². The van der Waals surface area contributed by atoms with Crippen molar-refractivity contribution in [3.63, 3.8) is 0 Å². The highest BCUT2D eigenvalue weighted by molar-refractivity contribution is 6.30. The Balaban J connectivity index is 1.72. The molecule has 1 aromatic carbocycles. The van der Waals surface area contributed by atoms with Gasteiger partial charge < -0.3 is 10.2 Å². The van der Waals surface area contributed by atoms with Gasteiger partial charge in [0.15, 0.2) is 0 Å². The van der Waals surface area contributed by atoms with Crippen LogP contribution >= 0.6 is 11.6 Å². The second kappa shape index (κ2) is 4.56. The first kappa shape index (κ1) is 12.0. The number of carbonyl (C=O) groups is 1. The van der Waals surface area contributed by atoms with Crippen molar-refractivity contribution in [2.45, 2.75) is 12.8 Å². The molecule has 0 bridgehead atoms. The monoisotopic (exact) mass is 264 g/mol. The van der Waals surface area contributed by atoms with Crippen LogP contribution in [0.1, 0.15) is 23.2 Å². The van der Waals surface area contributed by atoms with E-state index in [1.165, 1.54) is 6.42 Å². The number of rotatable bonds is 1. The fraction of sp³-hybridized carbons (Fsp3) is 0.500. The summed E-state index contributed by atoms with van der Waals surface area (Å²) in [5, 5.41) is 4.08. The minimum Gasteiger partial charge on any atom is -0.338 e. The van der Waals surface area contributed by atoms with Gasteiger partial charge in [-0.05, 0) is 43.7 Å². The van der Waals surface area contributed by atoms with Crippen LogP contribution in [0.5, 0.6) is 0 Å². The summed E-state index contributed by atoms with van der Waals surface area (Å²) in [6, 6.07) is 7.17. The van der Waals surface area contributed by atoms with Crippen LogP contribution < -0.4 is 5.32 Å². The van der Waals surface area contributed by atoms with Gasteiger partial charge >= 0.3 is 0 Å². The average Bonchev–Trinajstić information content (AvgIpc) is 3.01. The van der Waals surface area contributed by atoms with Crippen LogP contribution in [0, 0.1) is 5.41 Å². The SMILES string of the molecule is O=C(c1ccc(Cl)cc1)N1CCC2(CCNC2)C1. The summed E-state index contributed by atoms with van der Waals surface area (Å²) >= 11 is 5.84. The van der Waals surface area contributed by atoms with Gasteiger partial charge in [-0.25, -0.2) is 0 Å². The van der Waals surface area contributed by atoms with Gasteiger partial charge in [0.25, 0.3) is 5.91 Å². The summed E-state index contributed by atoms with van der Waals surface area (Å²) in [7, 11) is 0. The number of likely N-dealkylation sites (tertiary alicyclic amines) is 1. The molecule has 1 atom stereocenters. The number of hydrogen-bond acceptors (Lipinski definition) is 2. The van der Waals surface area contributed by atoms with Gasteiger partial charge in [-0.15, -0.1) is 0 Å². The molecule has 96 valence electrons. The van der Waals surface area contributed by atoms with Gasteiger partial charge in [-0.1, -0.05) is 11.6 Å². The Morgan fingerprint density at radius 2 is 2.06 bits per heavy atom. The topological polar surface area (TPSA) is 32.3 Å². The first-order valence-corrected chi connectivity index (χ1v) is 6.82. The zero-order valence-electron chi connectivity index (χ0n) is 10.3. The van der Waals surface area contributed by atoms with E-state index in [0.29, 0.717) is 10.4 Å². The lowest BCUT2D eigenvalue weighted by atomic mass is 9.86. The third-order valence-corrected chi connectivity index (χ3v) is 4.40. The third-order valence-electron chi connectivity index (χ3n) is 4.15. The molecule has 1 spiro atoms. The van der Waals surface area contributed by atoms with E-state index in [2.05, 4.69) is 5.32 Å². The molecule has 0 aromatic heterocycles. The van der Waals surface area contributed by atoms with E-state index >= 15 is 0 Å². The van der Waals surface area contributed by atoms with E-state index < -0.39 is 0 Å². The molecule has 2 saturated heterocycles. The quantitative estimate of drug-likeness (QED) is 0.843. The van der Waals surface area contributed by atoms with Crippen molar-refractivity contribution in [2.24, 2.45) is 5.41 Å². The molecular weight excluding hydrogens is 248 g/mol. The molecular formula is C14H17ClN2O. The number of nitrogens with zero attached hydrogens (tertiary/aromatic N) is 1. The number of carbonyl (C=O) groups excluding carboxylic acids is 1. The molecule has 1 aromatic rings. The van der Waals surface area contributed by atoms with Crippen LogP contribution in [-0.4, -0.2) is 37.0 Å². The fourth-order valence-corrected chi connectivity index (χ4v) is 3.15. The Morgan fingerprint density at radius 3 is 2.72 bits per heavy atom. The molecule has 18 heavy (non-hydrogen) atoms. The second-order valence-corrected chi connectivity index (χ2v) is 5.85. The van der Waals surface area contributed by atoms with Gasteiger partial charge in [-0.2, -0.15) is 0 Å². The Hall–Kier alpha value is -1.06. The highest BCUT2D eigenvalue weighted by Gasteiger charge is 2.41. The van der Waals surface area contributed by atoms with Crippen LogP contribution in [0.2, 0.25) is 5.02 Å². The van der Waals surface area contributed by atoms with E-state index in [1.807, 2.05) is 17.0 Å². The molecule has 4 heteroatoms. The smallest absolute Gasteiger partial charge is 0.253 e. The molecule has 0 aliphatic carbocycles. The maximum atomic E-state index is 12.4. The molecule has 1 amide bonds. The maximum Gasteiger partial charge on any atom is 0.253 e. The van der Waals surface area contributed by atoms with Gasteiger partial charge in [0.05, 0.1) is 0 Å². The Bertz CT molecular complexity index is 451. The molecule has 3 nitrogen and oxygen atoms in total. The van der Waals surface area contributed by atoms with Gasteiger partial charge in [-0.3, -0.25) is 4.79 Å². The van der Waals surface area contributed by atoms with Crippen LogP contribution in [-0.2, 0) is 0 Å². The third kappa shape index (κ3) is 2.13. The van der Waals surface area contributed by atoms with Crippen LogP contribution in [0.3, 0.4) is 0 Å². The van der Waals surface area contributed by atoms with Crippen molar-refractivity contribution < 1.29 is 4.79 Å². The Labute approximate surface area is 112 Å². The van der Waals surface area contributed by atoms with E-state index in [1.54, 1.807) is 12.1 Å². The standard InChI is InChI=1S/C14H17ClN2O/c15-12-3-1-11(2-4-12)13(18)17-8-6-14(10-17)5-7-16-9-14/h1-4,16H,5-10H2. The van der Waals surface area contributed by atoms with Crippen LogP contribution in [0.4, 0.5) is 0 Å². The zero-order chi connectivity index (χ0) is 12.6. The van der Waals surface area contributed by atoms with E-state index in [0.717, 1.165) is 38.2 Å². The molecule has 3 rings (SSSR count). The number of nitrogens with one attached hydrogen (secondary N) is 1. The minimum atomic E-state index is 0.135. The molecule has 0 saturated carbocycles. The number of amides is 1. The van der Waals surface area contributed by atoms with Crippen molar-refractivity contribution in [2.75, 3.05) is 26.2 Å². The highest BCUT2D eigenvalue weighted by atomic mass is 35.5. The zero-order valence-corrected chi connectivity index (χ0v) is 11.0. The highest BCUT2D eigenvalue weighted by Crippen LogP contribution is 2.36. The largest absolute Gasteiger partial charge is 0.338 e. The van der Waals surface area contributed by atoms with Gasteiger partial charge in [0.2, 0.25) is 0 Å². The summed E-state index contributed by atoms with van der Waals surface area (Å²) in [6.45, 7) is 3.91. The predicted octanol–water partition coefficient (Wildman–Crippen LogP) is 2.17. The first-order chi connectivity index (χ1) is 8.69. The van der Waals surface area contributed by atoms with Crippen LogP contribution in [0.25, 0.3) is 0 Å². The minimum absolute atomic E-state index is 0.135. The van der Waals surface area contributed by atoms with Crippen molar-refractivity contribution >= 4 is 17.5 Å². The summed E-state index contributed by atoms with van der Waals surface area (Å²) in [6.07, 6.45) is 2.32. The molecule has 0 radical (unpaired) electrons. The molecule has 1 unspecified atom stereocenters. The van der Waals surface area contributed by atoms with Crippen molar-refractivity contribution in [3.8, 4) is 0 Å². The summed E-state index contributed by atoms with van der Waals surface area (Å²) in [4.78, 5) is 14.3. The fourth-order valence-electron chi connectivity index (χ4n) is 3.03. The van der Waals surface area contributed by atoms with Gasteiger partial charge in [0, 0.05) is 35.6 Å². The molecule has 2 fully saturated rings. The normalized spacial score (nSPS) is 27.1. The summed E-state index contributed by atoms with van der Waals surface area (Å²) in [5.74, 6) is 0.135. The maximum absolute atomic E-state index is 12.4. The predicted molar refractivity (Wildman–Crippen MR) is 71.9 cm³/mol. The number of benzene rings is 1. The number of halogens is 1. The van der Waals surface area contributed by atoms with Gasteiger partial charge in [0.1, 0.15) is 0 Å². The molecule has 2 aliphatic rings. The molecule has 2 aliphatic heterocycles. The number of hydrogen-bond donors (Lipinski definition) is 1.